The molecule has 1 heterocycles. The number of carbonyl (C=O) groups excluding carboxylic acids is 1. The molecule has 4 fully saturated rings. The van der Waals surface area contributed by atoms with Crippen LogP contribution in [-0.4, -0.2) is 51.3 Å². The zero-order valence-corrected chi connectivity index (χ0v) is 37.7. The molecule has 6 aliphatic carbocycles. The minimum Gasteiger partial charge on any atom is -0.465 e. The maximum absolute atomic E-state index is 13.5. The van der Waals surface area contributed by atoms with Crippen LogP contribution in [0.1, 0.15) is 126 Å². The van der Waals surface area contributed by atoms with E-state index in [0.29, 0.717) is 53.7 Å². The van der Waals surface area contributed by atoms with Crippen molar-refractivity contribution in [3.8, 4) is 6.01 Å². The van der Waals surface area contributed by atoms with Crippen LogP contribution in [0.3, 0.4) is 0 Å². The molecule has 0 amide bonds. The van der Waals surface area contributed by atoms with E-state index in [1.54, 1.807) is 11.8 Å². The van der Waals surface area contributed by atoms with Crippen LogP contribution in [0.4, 0.5) is 0 Å². The van der Waals surface area contributed by atoms with Crippen LogP contribution in [0, 0.1) is 56.7 Å². The first-order valence-electron chi connectivity index (χ1n) is 20.7. The number of nitrogens with one attached hydrogen (secondary N) is 1. The average Bonchev–Trinajstić information content (AvgIpc) is 3.76. The summed E-state index contributed by atoms with van der Waals surface area (Å²) < 4.78 is 18.2. The lowest BCUT2D eigenvalue weighted by atomic mass is 9.33. The third-order valence-electron chi connectivity index (χ3n) is 16.9. The number of ether oxygens (including phenoxy) is 2. The summed E-state index contributed by atoms with van der Waals surface area (Å²) >= 11 is 5.45. The molecule has 0 saturated heterocycles. The molecule has 0 spiro atoms. The van der Waals surface area contributed by atoms with E-state index in [0.717, 1.165) is 41.5 Å². The van der Waals surface area contributed by atoms with Crippen molar-refractivity contribution in [2.45, 2.75) is 135 Å². The molecule has 6 aliphatic rings. The Bertz CT molecular complexity index is 1640. The zero-order chi connectivity index (χ0) is 38.0. The molecule has 294 valence electrons. The Labute approximate surface area is 342 Å². The zero-order valence-electron chi connectivity index (χ0n) is 33.9. The first-order chi connectivity index (χ1) is 25.1. The van der Waals surface area contributed by atoms with Gasteiger partial charge in [-0.2, -0.15) is 4.98 Å². The van der Waals surface area contributed by atoms with Gasteiger partial charge < -0.3 is 14.8 Å². The molecule has 7 rings (SSSR count). The molecule has 1 N–H and O–H groups in total. The number of fused-ring (bicyclic) bond motifs is 7. The Hall–Kier alpha value is -0.910. The molecule has 1 aromatic rings. The molecule has 0 radical (unpaired) electrons. The standard InChI is InChI=1S/C44H66IN3O3S2/c1-10-50-36(49)43(27-51-37-47-38(52-9)53-48-37)20-13-29(14-21-43)31-16-18-40(6)33(39(31,4)5)17-19-42(8)34(40)12-11-32-35-30(28(2)3)15-22-44(35,46-26-25-45)24-23-41(32,42)7/h13,16,30,32-35,46H,2,10-12,14-15,17-27H2,1,3-9H3/t30-,32+,33?,34?,35?,40-,41+,42+,43?,44-/m0/s1. The number of halogens is 1. The Morgan fingerprint density at radius 2 is 1.81 bits per heavy atom. The van der Waals surface area contributed by atoms with Gasteiger partial charge in [-0.3, -0.25) is 4.79 Å². The summed E-state index contributed by atoms with van der Waals surface area (Å²) in [7, 11) is 0. The molecule has 9 heteroatoms. The van der Waals surface area contributed by atoms with Gasteiger partial charge in [-0.25, -0.2) is 0 Å². The Balaban J connectivity index is 1.14. The number of hydrogen-bond acceptors (Lipinski definition) is 8. The number of aromatic nitrogens is 2. The first-order valence-corrected chi connectivity index (χ1v) is 24.2. The summed E-state index contributed by atoms with van der Waals surface area (Å²) in [4.78, 5) is 18.0. The van der Waals surface area contributed by atoms with Crippen LogP contribution in [0.25, 0.3) is 0 Å². The highest BCUT2D eigenvalue weighted by Gasteiger charge is 2.70. The number of thioether (sulfide) groups is 1. The quantitative estimate of drug-likeness (QED) is 0.0780. The second-order valence-electron chi connectivity index (χ2n) is 19.3. The van der Waals surface area contributed by atoms with Gasteiger partial charge in [-0.1, -0.05) is 93.3 Å². The normalized spacial score (nSPS) is 41.6. The van der Waals surface area contributed by atoms with Gasteiger partial charge in [0.1, 0.15) is 12.0 Å². The molecule has 0 aliphatic heterocycles. The van der Waals surface area contributed by atoms with E-state index in [2.05, 4.69) is 97.5 Å². The van der Waals surface area contributed by atoms with E-state index in [9.17, 15) is 4.79 Å². The summed E-state index contributed by atoms with van der Waals surface area (Å²) in [6.07, 6.45) is 21.1. The SMILES string of the molecule is C=C(C)[C@@H]1CC[C@]2(NCCI)CC[C@]3(C)[C@H](CCC4[C@@]5(C)CC=C(C6=CCC(COc7nsc(SC)n7)(C(=O)OCC)CC6)C(C)(C)C5CC[C@]43C)C12. The van der Waals surface area contributed by atoms with Gasteiger partial charge in [0.05, 0.1) is 6.61 Å². The Kier molecular flexibility index (Phi) is 11.2. The fourth-order valence-electron chi connectivity index (χ4n) is 14.2. The summed E-state index contributed by atoms with van der Waals surface area (Å²) in [5, 5.41) is 4.20. The van der Waals surface area contributed by atoms with E-state index in [1.807, 2.05) is 13.2 Å². The maximum Gasteiger partial charge on any atom is 0.329 e. The van der Waals surface area contributed by atoms with Crippen molar-refractivity contribution in [1.82, 2.24) is 14.7 Å². The van der Waals surface area contributed by atoms with Crippen molar-refractivity contribution in [3.05, 3.63) is 35.5 Å². The van der Waals surface area contributed by atoms with Gasteiger partial charge in [-0.05, 0) is 171 Å². The number of carbonyl (C=O) groups is 1. The molecular formula is C44H66IN3O3S2. The highest BCUT2D eigenvalue weighted by Crippen LogP contribution is 2.76. The number of rotatable bonds is 11. The third-order valence-corrected chi connectivity index (χ3v) is 19.1. The molecule has 4 unspecified atom stereocenters. The Morgan fingerprint density at radius 3 is 2.47 bits per heavy atom. The third kappa shape index (κ3) is 6.36. The van der Waals surface area contributed by atoms with Gasteiger partial charge in [0.2, 0.25) is 0 Å². The fourth-order valence-corrected chi connectivity index (χ4v) is 15.5. The van der Waals surface area contributed by atoms with Crippen molar-refractivity contribution in [1.29, 1.82) is 0 Å². The van der Waals surface area contributed by atoms with Crippen LogP contribution in [-0.2, 0) is 9.53 Å². The topological polar surface area (TPSA) is 73.3 Å². The predicted molar refractivity (Wildman–Crippen MR) is 228 cm³/mol. The van der Waals surface area contributed by atoms with Crippen LogP contribution in [0.2, 0.25) is 0 Å². The molecular weight excluding hydrogens is 810 g/mol. The van der Waals surface area contributed by atoms with Crippen molar-refractivity contribution >= 4 is 51.9 Å². The van der Waals surface area contributed by atoms with Crippen molar-refractivity contribution < 1.29 is 14.3 Å². The molecule has 0 bridgehead atoms. The van der Waals surface area contributed by atoms with E-state index in [1.165, 1.54) is 84.0 Å². The lowest BCUT2D eigenvalue weighted by Crippen LogP contribution is -2.68. The van der Waals surface area contributed by atoms with Gasteiger partial charge in [0, 0.05) is 16.5 Å². The summed E-state index contributed by atoms with van der Waals surface area (Å²) in [6, 6.07) is 0.361. The Morgan fingerprint density at radius 1 is 1.02 bits per heavy atom. The highest BCUT2D eigenvalue weighted by molar-refractivity contribution is 14.1. The summed E-state index contributed by atoms with van der Waals surface area (Å²) in [6.45, 7) is 23.9. The van der Waals surface area contributed by atoms with E-state index in [4.69, 9.17) is 9.47 Å². The molecule has 0 aromatic carbocycles. The largest absolute Gasteiger partial charge is 0.465 e. The summed E-state index contributed by atoms with van der Waals surface area (Å²) in [5.74, 6) is 3.34. The molecule has 4 saturated carbocycles. The number of nitrogens with zero attached hydrogens (tertiary/aromatic N) is 2. The van der Waals surface area contributed by atoms with Crippen molar-refractivity contribution in [3.63, 3.8) is 0 Å². The lowest BCUT2D eigenvalue weighted by molar-refractivity contribution is -0.221. The van der Waals surface area contributed by atoms with E-state index in [-0.39, 0.29) is 23.4 Å². The number of alkyl halides is 1. The number of esters is 1. The first kappa shape index (κ1) is 40.3. The monoisotopic (exact) mass is 875 g/mol. The average molecular weight is 876 g/mol. The molecule has 53 heavy (non-hydrogen) atoms. The van der Waals surface area contributed by atoms with Crippen LogP contribution < -0.4 is 10.1 Å². The number of hydrogen-bond donors (Lipinski definition) is 1. The van der Waals surface area contributed by atoms with Gasteiger partial charge in [0.25, 0.3) is 0 Å². The maximum atomic E-state index is 13.5. The smallest absolute Gasteiger partial charge is 0.329 e. The van der Waals surface area contributed by atoms with Crippen LogP contribution in [0.5, 0.6) is 6.01 Å². The van der Waals surface area contributed by atoms with E-state index >= 15 is 0 Å². The van der Waals surface area contributed by atoms with Gasteiger partial charge in [0.15, 0.2) is 4.34 Å². The van der Waals surface area contributed by atoms with Crippen molar-refractivity contribution in [2.75, 3.05) is 30.4 Å². The molecule has 1 aromatic heterocycles. The van der Waals surface area contributed by atoms with Gasteiger partial charge in [-0.15, -0.1) is 4.37 Å². The molecule has 6 nitrogen and oxygen atoms in total. The molecule has 10 atom stereocenters. The van der Waals surface area contributed by atoms with Gasteiger partial charge >= 0.3 is 12.0 Å². The highest BCUT2D eigenvalue weighted by atomic mass is 127. The second-order valence-corrected chi connectivity index (χ2v) is 22.2. The van der Waals surface area contributed by atoms with E-state index < -0.39 is 5.41 Å². The minimum atomic E-state index is -0.718. The summed E-state index contributed by atoms with van der Waals surface area (Å²) in [5.41, 5.74) is 5.02. The van der Waals surface area contributed by atoms with Crippen LogP contribution >= 0.6 is 45.9 Å². The fraction of sp³-hybridized carbons (Fsp3) is 0.795. The minimum absolute atomic E-state index is 0.0681. The number of allylic oxidation sites excluding steroid dienone is 5. The lowest BCUT2D eigenvalue weighted by Gasteiger charge is -2.72. The predicted octanol–water partition coefficient (Wildman–Crippen LogP) is 11.3. The second kappa shape index (κ2) is 14.8. The van der Waals surface area contributed by atoms with Crippen LogP contribution in [0.15, 0.2) is 39.8 Å². The van der Waals surface area contributed by atoms with Crippen molar-refractivity contribution in [2.24, 2.45) is 56.7 Å².